The van der Waals surface area contributed by atoms with E-state index in [4.69, 9.17) is 16.2 Å². The number of benzene rings is 6. The van der Waals surface area contributed by atoms with Gasteiger partial charge in [-0.25, -0.2) is 4.58 Å². The molecule has 5 heterocycles. The molecule has 87 heavy (non-hydrogen) atoms. The fraction of sp³-hybridized carbons (Fsp3) is 0.382. The number of primary amides is 2. The lowest BCUT2D eigenvalue weighted by atomic mass is 9.70. The molecule has 0 radical (unpaired) electrons. The van der Waals surface area contributed by atoms with Crippen molar-refractivity contribution in [3.63, 3.8) is 0 Å². The zero-order chi connectivity index (χ0) is 57.6. The third-order valence-corrected chi connectivity index (χ3v) is 16.3. The van der Waals surface area contributed by atoms with Crippen LogP contribution < -0.4 is 33.8 Å². The molecule has 0 unspecified atom stereocenters. The number of likely N-dealkylation sites (tertiary alicyclic amines) is 1. The Morgan fingerprint density at radius 3 is 1.30 bits per heavy atom. The van der Waals surface area contributed by atoms with Crippen molar-refractivity contribution in [1.82, 2.24) is 55.5 Å². The van der Waals surface area contributed by atoms with Crippen LogP contribution in [0.1, 0.15) is 113 Å². The first-order chi connectivity index (χ1) is 39.8. The molecule has 3 amide bonds. The molecule has 11 rings (SSSR count). The predicted molar refractivity (Wildman–Crippen MR) is 341 cm³/mol. The average molecular weight is 1250 g/mol. The van der Waals surface area contributed by atoms with Crippen molar-refractivity contribution < 1.29 is 40.7 Å². The van der Waals surface area contributed by atoms with Gasteiger partial charge in [-0.3, -0.25) is 14.4 Å². The summed E-state index contributed by atoms with van der Waals surface area (Å²) < 4.78 is 8.09. The molecule has 0 aliphatic carbocycles. The van der Waals surface area contributed by atoms with Crippen LogP contribution in [0, 0.1) is 0 Å². The van der Waals surface area contributed by atoms with Gasteiger partial charge in [-0.15, -0.1) is 20.4 Å². The SMILES string of the molecule is C.C.C.C.CN(C)C(=O)C(CCN1CCC(c2ccccc2)(c2nnn(CC(N)=O)n2)CC1)(c1ccccc1)c1ccccc1.C[N+](C)=C1OCCC1(c1ccccc1)c1ccccc1.NC(=O)Cn1nnc(C2(c3ccccc3)CCNCC2)n1.[Br-]. The molecule has 0 spiro atoms. The Morgan fingerprint density at radius 1 is 0.563 bits per heavy atom. The van der Waals surface area contributed by atoms with E-state index in [1.165, 1.54) is 26.3 Å². The van der Waals surface area contributed by atoms with Gasteiger partial charge in [0.05, 0.1) is 17.4 Å². The number of hydrogen-bond acceptors (Lipinski definition) is 12. The molecule has 0 atom stereocenters. The Bertz CT molecular complexity index is 3290. The van der Waals surface area contributed by atoms with E-state index in [0.29, 0.717) is 18.1 Å². The highest BCUT2D eigenvalue weighted by Crippen LogP contribution is 2.44. The van der Waals surface area contributed by atoms with Gasteiger partial charge >= 0.3 is 5.90 Å². The summed E-state index contributed by atoms with van der Waals surface area (Å²) in [6, 6.07) is 62.1. The maximum absolute atomic E-state index is 14.0. The topological polar surface area (TPSA) is 221 Å². The summed E-state index contributed by atoms with van der Waals surface area (Å²) >= 11 is 0. The molecular weight excluding hydrogens is 1160 g/mol. The van der Waals surface area contributed by atoms with E-state index in [1.807, 2.05) is 86.9 Å². The third kappa shape index (κ3) is 15.7. The maximum atomic E-state index is 14.0. The van der Waals surface area contributed by atoms with Gasteiger partial charge in [-0.05, 0) is 109 Å². The average Bonchev–Trinajstić information content (AvgIpc) is 4.35. The highest BCUT2D eigenvalue weighted by Gasteiger charge is 2.51. The van der Waals surface area contributed by atoms with Gasteiger partial charge in [-0.2, -0.15) is 9.59 Å². The van der Waals surface area contributed by atoms with Gasteiger partial charge < -0.3 is 48.3 Å². The molecule has 5 N–H and O–H groups in total. The molecule has 3 aliphatic rings. The van der Waals surface area contributed by atoms with E-state index in [0.717, 1.165) is 94.0 Å². The second-order valence-corrected chi connectivity index (χ2v) is 21.7. The summed E-state index contributed by atoms with van der Waals surface area (Å²) in [4.78, 5) is 43.2. The minimum Gasteiger partial charge on any atom is -1.00 e. The molecule has 0 bridgehead atoms. The lowest BCUT2D eigenvalue weighted by Gasteiger charge is -2.42. The number of amides is 3. The molecule has 3 fully saturated rings. The molecule has 464 valence electrons. The van der Waals surface area contributed by atoms with E-state index in [1.54, 1.807) is 4.90 Å². The Hall–Kier alpha value is -8.26. The number of nitrogens with one attached hydrogen (secondary N) is 1. The number of carbonyl (C=O) groups excluding carboxylic acids is 3. The number of aromatic nitrogens is 8. The van der Waals surface area contributed by atoms with Crippen LogP contribution in [0.4, 0.5) is 0 Å². The minimum atomic E-state index is -0.807. The maximum Gasteiger partial charge on any atom is 0.351 e. The monoisotopic (exact) mass is 1250 g/mol. The Labute approximate surface area is 526 Å². The number of rotatable bonds is 16. The second kappa shape index (κ2) is 32.5. The number of tetrazole rings is 2. The number of halogens is 1. The zero-order valence-electron chi connectivity index (χ0n) is 47.8. The molecule has 0 saturated carbocycles. The molecule has 8 aromatic rings. The molecule has 19 heteroatoms. The fourth-order valence-corrected chi connectivity index (χ4v) is 12.2. The fourth-order valence-electron chi connectivity index (χ4n) is 12.2. The first kappa shape index (κ1) is 71.2. The van der Waals surface area contributed by atoms with E-state index < -0.39 is 22.6 Å². The van der Waals surface area contributed by atoms with Crippen LogP contribution in [0.15, 0.2) is 182 Å². The summed E-state index contributed by atoms with van der Waals surface area (Å²) in [5, 5.41) is 29.0. The quantitative estimate of drug-likeness (QED) is 0.103. The second-order valence-electron chi connectivity index (χ2n) is 21.7. The Morgan fingerprint density at radius 2 is 0.931 bits per heavy atom. The number of nitrogens with two attached hydrogens (primary N) is 2. The first-order valence-electron chi connectivity index (χ1n) is 28.1. The standard InChI is InChI=1S/C32H37N7O2.C18H20NO.C14H18N6O.4CH4.BrH/c1-37(2)30(41)32(26-14-8-4-9-15-26,27-16-10-5-11-17-27)20-23-38-21-18-31(19-22-38,25-12-6-3-7-13-25)29-34-36-39(35-29)24-28(33)40;1-19(2)17-18(13-14-20-17,15-9-5-3-6-10-15)16-11-7-4-8-12-16;15-12(21)10-20-18-13(17-19-20)14(6-8-16-9-7-14)11-4-2-1-3-5-11;;;;;/h3-17H,18-24H2,1-2H3,(H2,33,40);3-12H,13-14H2,1-2H3;1-5,16H,6-10H2,(H2,15,21);4*1H4;1H/q;+1;;;;;;/p-1. The van der Waals surface area contributed by atoms with Crippen molar-refractivity contribution in [2.45, 2.75) is 103 Å². The lowest BCUT2D eigenvalue weighted by molar-refractivity contribution is -0.476. The number of ether oxygens (including phenoxy) is 1. The lowest BCUT2D eigenvalue weighted by Crippen LogP contribution is -3.00. The Kier molecular flexibility index (Phi) is 26.6. The third-order valence-electron chi connectivity index (χ3n) is 16.3. The van der Waals surface area contributed by atoms with Crippen molar-refractivity contribution >= 4 is 23.6 Å². The molecule has 3 saturated heterocycles. The van der Waals surface area contributed by atoms with E-state index in [-0.39, 0.29) is 76.5 Å². The van der Waals surface area contributed by atoms with Gasteiger partial charge in [-0.1, -0.05) is 212 Å². The molecular formula is C68H91BrN14O4. The van der Waals surface area contributed by atoms with E-state index in [2.05, 4.69) is 169 Å². The number of hydrogen-bond donors (Lipinski definition) is 3. The normalized spacial score (nSPS) is 15.3. The number of carbonyl (C=O) groups is 3. The molecule has 2 aromatic heterocycles. The van der Waals surface area contributed by atoms with Crippen LogP contribution in [-0.4, -0.2) is 146 Å². The van der Waals surface area contributed by atoms with Gasteiger partial charge in [0.25, 0.3) is 0 Å². The van der Waals surface area contributed by atoms with Crippen LogP contribution in [-0.2, 0) is 53.9 Å². The Balaban J connectivity index is 0.000000298. The van der Waals surface area contributed by atoms with Crippen LogP contribution in [0.25, 0.3) is 0 Å². The molecule has 3 aliphatic heterocycles. The van der Waals surface area contributed by atoms with Crippen molar-refractivity contribution in [3.8, 4) is 0 Å². The first-order valence-corrected chi connectivity index (χ1v) is 28.1. The van der Waals surface area contributed by atoms with Crippen LogP contribution >= 0.6 is 0 Å². The van der Waals surface area contributed by atoms with Gasteiger partial charge in [0.15, 0.2) is 11.6 Å². The molecule has 18 nitrogen and oxygen atoms in total. The largest absolute Gasteiger partial charge is 1.00 e. The van der Waals surface area contributed by atoms with Crippen LogP contribution in [0.2, 0.25) is 0 Å². The van der Waals surface area contributed by atoms with Crippen LogP contribution in [0.3, 0.4) is 0 Å². The summed E-state index contributed by atoms with van der Waals surface area (Å²) in [6.07, 6.45) is 4.99. The van der Waals surface area contributed by atoms with Gasteiger partial charge in [0.2, 0.25) is 17.7 Å². The predicted octanol–water partition coefficient (Wildman–Crippen LogP) is 5.44. The molecule has 6 aromatic carbocycles. The number of piperidine rings is 2. The number of likely N-dealkylation sites (N-methyl/N-ethyl adjacent to an activating group) is 1. The van der Waals surface area contributed by atoms with Crippen molar-refractivity contribution in [1.29, 1.82) is 0 Å². The summed E-state index contributed by atoms with van der Waals surface area (Å²) in [5.74, 6) is 1.39. The van der Waals surface area contributed by atoms with Gasteiger partial charge in [0.1, 0.15) is 38.0 Å². The van der Waals surface area contributed by atoms with Crippen molar-refractivity contribution in [2.75, 3.05) is 67.5 Å². The van der Waals surface area contributed by atoms with Crippen molar-refractivity contribution in [3.05, 3.63) is 227 Å². The summed E-state index contributed by atoms with van der Waals surface area (Å²) in [6.45, 7) is 4.76. The van der Waals surface area contributed by atoms with Crippen molar-refractivity contribution in [2.24, 2.45) is 11.5 Å². The summed E-state index contributed by atoms with van der Waals surface area (Å²) in [5.41, 5.74) is 15.8. The highest BCUT2D eigenvalue weighted by atomic mass is 79.9. The van der Waals surface area contributed by atoms with E-state index >= 15 is 0 Å². The number of nitrogens with zero attached hydrogens (tertiary/aromatic N) is 11. The van der Waals surface area contributed by atoms with Crippen LogP contribution in [0.5, 0.6) is 0 Å². The van der Waals surface area contributed by atoms with E-state index in [9.17, 15) is 14.4 Å². The zero-order valence-corrected chi connectivity index (χ0v) is 49.4. The smallest absolute Gasteiger partial charge is 0.351 e. The van der Waals surface area contributed by atoms with Gasteiger partial charge in [0, 0.05) is 20.5 Å². The highest BCUT2D eigenvalue weighted by molar-refractivity contribution is 5.92. The summed E-state index contributed by atoms with van der Waals surface area (Å²) in [7, 11) is 7.77. The minimum absolute atomic E-state index is 0.